The number of imidazole rings is 1. The first-order valence-corrected chi connectivity index (χ1v) is 10.8. The van der Waals surface area contributed by atoms with E-state index in [2.05, 4.69) is 59.0 Å². The molecule has 32 heavy (non-hydrogen) atoms. The highest BCUT2D eigenvalue weighted by Gasteiger charge is 2.18. The summed E-state index contributed by atoms with van der Waals surface area (Å²) in [5, 5.41) is 15.5. The number of hydrogen-bond donors (Lipinski definition) is 2. The lowest BCUT2D eigenvalue weighted by Crippen LogP contribution is -2.12. The number of nitrogens with zero attached hydrogens (tertiary/aromatic N) is 6. The molecule has 5 aromatic rings. The summed E-state index contributed by atoms with van der Waals surface area (Å²) < 4.78 is 4.24. The smallest absolute Gasteiger partial charge is 0.248 e. The van der Waals surface area contributed by atoms with Crippen LogP contribution in [0.1, 0.15) is 33.3 Å². The highest BCUT2D eigenvalue weighted by molar-refractivity contribution is 7.17. The number of primary amides is 1. The maximum Gasteiger partial charge on any atom is 0.248 e. The molecular weight excluding hydrogens is 424 g/mol. The van der Waals surface area contributed by atoms with Gasteiger partial charge in [-0.15, -0.1) is 21.5 Å². The van der Waals surface area contributed by atoms with Crippen LogP contribution < -0.4 is 5.73 Å². The highest BCUT2D eigenvalue weighted by Crippen LogP contribution is 2.35. The van der Waals surface area contributed by atoms with Crippen molar-refractivity contribution in [2.75, 3.05) is 0 Å². The fourth-order valence-corrected chi connectivity index (χ4v) is 4.83. The molecule has 9 nitrogen and oxygen atoms in total. The van der Waals surface area contributed by atoms with E-state index in [1.807, 2.05) is 32.2 Å². The first kappa shape index (κ1) is 19.9. The molecule has 0 fully saturated rings. The van der Waals surface area contributed by atoms with Crippen molar-refractivity contribution < 1.29 is 4.79 Å². The van der Waals surface area contributed by atoms with E-state index in [9.17, 15) is 4.79 Å². The van der Waals surface area contributed by atoms with Crippen LogP contribution in [0, 0.1) is 13.8 Å². The summed E-state index contributed by atoms with van der Waals surface area (Å²) in [6.45, 7) is 3.95. The lowest BCUT2D eigenvalue weighted by molar-refractivity contribution is 0.1000. The summed E-state index contributed by atoms with van der Waals surface area (Å²) in [6, 6.07) is 13.8. The zero-order valence-corrected chi connectivity index (χ0v) is 18.3. The van der Waals surface area contributed by atoms with Crippen LogP contribution in [0.5, 0.6) is 0 Å². The molecule has 0 aliphatic rings. The SMILES string of the molecule is Cc1cc(C(N)=O)ccc1-n1c(Cc2nn[nH]n2)ccc1-c1ccc(-n2ccnc2C)s1. The molecule has 0 radical (unpaired) electrons. The molecule has 3 N–H and O–H groups in total. The van der Waals surface area contributed by atoms with Gasteiger partial charge in [0.05, 0.1) is 17.0 Å². The Morgan fingerprint density at radius 3 is 2.72 bits per heavy atom. The Hall–Kier alpha value is -4.05. The largest absolute Gasteiger partial charge is 0.366 e. The first-order chi connectivity index (χ1) is 15.5. The number of thiophene rings is 1. The molecule has 10 heteroatoms. The van der Waals surface area contributed by atoms with E-state index in [1.54, 1.807) is 23.6 Å². The number of H-pyrrole nitrogens is 1. The molecule has 4 aromatic heterocycles. The summed E-state index contributed by atoms with van der Waals surface area (Å²) >= 11 is 1.68. The Morgan fingerprint density at radius 2 is 2.03 bits per heavy atom. The van der Waals surface area contributed by atoms with Crippen LogP contribution in [-0.4, -0.2) is 40.6 Å². The van der Waals surface area contributed by atoms with E-state index in [0.29, 0.717) is 17.8 Å². The second kappa shape index (κ2) is 7.89. The fraction of sp³-hybridized carbons (Fsp3) is 0.136. The number of aromatic nitrogens is 7. The molecule has 1 amide bonds. The number of amides is 1. The van der Waals surface area contributed by atoms with Crippen LogP contribution in [0.2, 0.25) is 0 Å². The molecule has 0 unspecified atom stereocenters. The average Bonchev–Trinajstić information content (AvgIpc) is 3.55. The average molecular weight is 445 g/mol. The number of carbonyl (C=O) groups excluding carboxylic acids is 1. The third-order valence-corrected chi connectivity index (χ3v) is 6.43. The number of tetrazole rings is 1. The van der Waals surface area contributed by atoms with Gasteiger partial charge in [0.15, 0.2) is 5.82 Å². The van der Waals surface area contributed by atoms with Gasteiger partial charge in [-0.2, -0.15) is 5.21 Å². The van der Waals surface area contributed by atoms with Crippen molar-refractivity contribution in [1.82, 2.24) is 34.7 Å². The minimum absolute atomic E-state index is 0.446. The Bertz CT molecular complexity index is 1410. The Labute approximate surface area is 187 Å². The van der Waals surface area contributed by atoms with Crippen LogP contribution in [-0.2, 0) is 6.42 Å². The molecule has 1 aromatic carbocycles. The van der Waals surface area contributed by atoms with Crippen LogP contribution in [0.25, 0.3) is 21.3 Å². The zero-order chi connectivity index (χ0) is 22.2. The monoisotopic (exact) mass is 444 g/mol. The van der Waals surface area contributed by atoms with Crippen LogP contribution in [0.4, 0.5) is 0 Å². The van der Waals surface area contributed by atoms with Crippen LogP contribution >= 0.6 is 11.3 Å². The molecule has 0 spiro atoms. The molecular formula is C22H20N8OS. The third-order valence-electron chi connectivity index (χ3n) is 5.32. The molecule has 0 atom stereocenters. The van der Waals surface area contributed by atoms with E-state index in [1.165, 1.54) is 0 Å². The Kier molecular flexibility index (Phi) is 4.91. The number of carbonyl (C=O) groups is 1. The predicted molar refractivity (Wildman–Crippen MR) is 121 cm³/mol. The van der Waals surface area contributed by atoms with Crippen LogP contribution in [0.15, 0.2) is 54.9 Å². The highest BCUT2D eigenvalue weighted by atomic mass is 32.1. The molecule has 0 saturated heterocycles. The molecule has 4 heterocycles. The summed E-state index contributed by atoms with van der Waals surface area (Å²) in [7, 11) is 0. The lowest BCUT2D eigenvalue weighted by Gasteiger charge is -2.16. The van der Waals surface area contributed by atoms with E-state index in [-0.39, 0.29) is 0 Å². The van der Waals surface area contributed by atoms with Gasteiger partial charge in [0.2, 0.25) is 5.91 Å². The standard InChI is InChI=1S/C22H20N8OS/c1-13-11-15(22(23)31)3-5-17(13)30-16(12-20-25-27-28-26-20)4-6-18(30)19-7-8-21(32-19)29-10-9-24-14(29)2/h3-11H,12H2,1-2H3,(H2,23,31)(H,25,26,27,28). The molecule has 5 rings (SSSR count). The predicted octanol–water partition coefficient (Wildman–Crippen LogP) is 3.21. The molecule has 160 valence electrons. The van der Waals surface area contributed by atoms with Crippen molar-refractivity contribution in [3.05, 3.63) is 83.3 Å². The molecule has 0 aliphatic carbocycles. The number of aryl methyl sites for hydroxylation is 2. The molecule has 0 saturated carbocycles. The topological polar surface area (TPSA) is 120 Å². The normalized spacial score (nSPS) is 11.2. The van der Waals surface area contributed by atoms with Crippen molar-refractivity contribution in [1.29, 1.82) is 0 Å². The van der Waals surface area contributed by atoms with Gasteiger partial charge in [-0.05, 0) is 61.9 Å². The van der Waals surface area contributed by atoms with Gasteiger partial charge in [0.1, 0.15) is 10.8 Å². The minimum atomic E-state index is -0.446. The fourth-order valence-electron chi connectivity index (χ4n) is 3.78. The van der Waals surface area contributed by atoms with E-state index >= 15 is 0 Å². The maximum atomic E-state index is 11.6. The number of rotatable bonds is 6. The van der Waals surface area contributed by atoms with Crippen LogP contribution in [0.3, 0.4) is 0 Å². The molecule has 0 aliphatic heterocycles. The number of nitrogens with two attached hydrogens (primary N) is 1. The number of nitrogens with one attached hydrogen (secondary N) is 1. The minimum Gasteiger partial charge on any atom is -0.366 e. The van der Waals surface area contributed by atoms with E-state index in [0.717, 1.165) is 38.3 Å². The second-order valence-electron chi connectivity index (χ2n) is 7.40. The van der Waals surface area contributed by atoms with Crippen molar-refractivity contribution in [3.63, 3.8) is 0 Å². The van der Waals surface area contributed by atoms with E-state index < -0.39 is 5.91 Å². The van der Waals surface area contributed by atoms with Crippen molar-refractivity contribution in [2.24, 2.45) is 5.73 Å². The number of aromatic amines is 1. The Balaban J connectivity index is 1.64. The van der Waals surface area contributed by atoms with Gasteiger partial charge >= 0.3 is 0 Å². The summed E-state index contributed by atoms with van der Waals surface area (Å²) in [5.41, 5.74) is 9.90. The lowest BCUT2D eigenvalue weighted by atomic mass is 10.1. The quantitative estimate of drug-likeness (QED) is 0.417. The van der Waals surface area contributed by atoms with E-state index in [4.69, 9.17) is 5.73 Å². The van der Waals surface area contributed by atoms with Gasteiger partial charge in [0.25, 0.3) is 0 Å². The summed E-state index contributed by atoms with van der Waals surface area (Å²) in [5.74, 6) is 1.09. The van der Waals surface area contributed by atoms with Crippen molar-refractivity contribution in [3.8, 4) is 21.3 Å². The van der Waals surface area contributed by atoms with Crippen molar-refractivity contribution in [2.45, 2.75) is 20.3 Å². The Morgan fingerprint density at radius 1 is 1.16 bits per heavy atom. The number of benzene rings is 1. The second-order valence-corrected chi connectivity index (χ2v) is 8.46. The van der Waals surface area contributed by atoms with Gasteiger partial charge in [-0.1, -0.05) is 5.21 Å². The first-order valence-electron chi connectivity index (χ1n) is 9.95. The van der Waals surface area contributed by atoms with Gasteiger partial charge < -0.3 is 10.3 Å². The third kappa shape index (κ3) is 3.50. The zero-order valence-electron chi connectivity index (χ0n) is 17.5. The van der Waals surface area contributed by atoms with Gasteiger partial charge in [-0.3, -0.25) is 9.36 Å². The van der Waals surface area contributed by atoms with Crippen molar-refractivity contribution >= 4 is 17.2 Å². The van der Waals surface area contributed by atoms with Gasteiger partial charge in [0, 0.05) is 29.3 Å². The summed E-state index contributed by atoms with van der Waals surface area (Å²) in [4.78, 5) is 17.1. The summed E-state index contributed by atoms with van der Waals surface area (Å²) in [6.07, 6.45) is 4.26. The number of hydrogen-bond acceptors (Lipinski definition) is 6. The van der Waals surface area contributed by atoms with Gasteiger partial charge in [-0.25, -0.2) is 4.98 Å². The maximum absolute atomic E-state index is 11.6. The molecule has 0 bridgehead atoms.